The number of carbonyl (C=O) groups excluding carboxylic acids is 1. The Morgan fingerprint density at radius 1 is 0.958 bits per heavy atom. The number of aromatic nitrogens is 2. The molecule has 2 aromatic heterocycles. The van der Waals surface area contributed by atoms with Crippen LogP contribution in [0.25, 0.3) is 11.0 Å². The number of anilines is 2. The Balaban J connectivity index is 0.835. The number of nitrogens with one attached hydrogen (secondary N) is 3. The van der Waals surface area contributed by atoms with Crippen molar-refractivity contribution >= 4 is 44.0 Å². The van der Waals surface area contributed by atoms with Gasteiger partial charge in [-0.2, -0.15) is 0 Å². The molecule has 1 aliphatic carbocycles. The number of nitro groups is 1. The highest BCUT2D eigenvalue weighted by atomic mass is 32.2. The molecule has 1 spiro atoms. The van der Waals surface area contributed by atoms with Crippen molar-refractivity contribution in [2.24, 2.45) is 5.41 Å². The number of nitrogens with zero attached hydrogens (tertiary/aromatic N) is 5. The molecule has 4 aromatic carbocycles. The number of fused-ring (bicyclic) bond motifs is 1. The first-order valence-corrected chi connectivity index (χ1v) is 26.3. The normalized spacial score (nSPS) is 19.8. The van der Waals surface area contributed by atoms with E-state index >= 15 is 0 Å². The fourth-order valence-electron chi connectivity index (χ4n) is 11.0. The molecule has 0 bridgehead atoms. The molecule has 72 heavy (non-hydrogen) atoms. The van der Waals surface area contributed by atoms with E-state index in [-0.39, 0.29) is 35.1 Å². The Bertz CT molecular complexity index is 3020. The number of hydrogen-bond donors (Lipinski definition) is 3. The number of methoxy groups -OCH3 is 1. The summed E-state index contributed by atoms with van der Waals surface area (Å²) in [5.74, 6) is 0.821. The lowest BCUT2D eigenvalue weighted by Crippen LogP contribution is -2.60. The van der Waals surface area contributed by atoms with Gasteiger partial charge in [-0.15, -0.1) is 0 Å². The summed E-state index contributed by atoms with van der Waals surface area (Å²) in [4.78, 5) is 40.3. The summed E-state index contributed by atoms with van der Waals surface area (Å²) >= 11 is 0. The molecular formula is C54H62N8O9S. The monoisotopic (exact) mass is 998 g/mol. The van der Waals surface area contributed by atoms with Crippen molar-refractivity contribution < 1.29 is 37.1 Å². The van der Waals surface area contributed by atoms with E-state index in [2.05, 4.69) is 85.0 Å². The van der Waals surface area contributed by atoms with Gasteiger partial charge in [-0.1, -0.05) is 50.2 Å². The van der Waals surface area contributed by atoms with Crippen LogP contribution in [0, 0.1) is 15.5 Å². The number of benzene rings is 4. The summed E-state index contributed by atoms with van der Waals surface area (Å²) in [5.41, 5.74) is 5.46. The molecule has 5 heterocycles. The maximum atomic E-state index is 14.1. The molecule has 4 fully saturated rings. The third kappa shape index (κ3) is 10.6. The fourth-order valence-corrected chi connectivity index (χ4v) is 12.0. The highest BCUT2D eigenvalue weighted by molar-refractivity contribution is 7.90. The van der Waals surface area contributed by atoms with Crippen molar-refractivity contribution in [3.05, 3.63) is 142 Å². The van der Waals surface area contributed by atoms with Gasteiger partial charge in [-0.3, -0.25) is 24.7 Å². The van der Waals surface area contributed by atoms with Crippen molar-refractivity contribution in [2.75, 3.05) is 76.4 Å². The predicted molar refractivity (Wildman–Crippen MR) is 275 cm³/mol. The van der Waals surface area contributed by atoms with E-state index in [1.807, 2.05) is 24.3 Å². The van der Waals surface area contributed by atoms with E-state index in [0.717, 1.165) is 87.8 Å². The van der Waals surface area contributed by atoms with Crippen LogP contribution in [-0.2, 0) is 26.0 Å². The molecule has 10 rings (SSSR count). The van der Waals surface area contributed by atoms with Crippen LogP contribution in [0.1, 0.15) is 78.5 Å². The average molecular weight is 999 g/mol. The summed E-state index contributed by atoms with van der Waals surface area (Å²) in [5, 5.41) is 15.9. The number of piperazine rings is 1. The van der Waals surface area contributed by atoms with Crippen LogP contribution in [-0.4, -0.2) is 117 Å². The van der Waals surface area contributed by atoms with E-state index in [1.54, 1.807) is 31.5 Å². The smallest absolute Gasteiger partial charge is 0.293 e. The number of hydrogen-bond acceptors (Lipinski definition) is 14. The van der Waals surface area contributed by atoms with Gasteiger partial charge in [0, 0.05) is 87.3 Å². The van der Waals surface area contributed by atoms with Crippen LogP contribution in [0.3, 0.4) is 0 Å². The molecule has 1 amide bonds. The summed E-state index contributed by atoms with van der Waals surface area (Å²) < 4.78 is 52.5. The number of ether oxygens (including phenoxy) is 4. The molecule has 3 saturated heterocycles. The molecule has 4 aliphatic rings. The maximum Gasteiger partial charge on any atom is 0.293 e. The largest absolute Gasteiger partial charge is 0.497 e. The second-order valence-electron chi connectivity index (χ2n) is 19.9. The van der Waals surface area contributed by atoms with Crippen LogP contribution in [0.5, 0.6) is 17.2 Å². The van der Waals surface area contributed by atoms with Crippen molar-refractivity contribution in [3.63, 3.8) is 0 Å². The maximum absolute atomic E-state index is 14.1. The predicted octanol–water partition coefficient (Wildman–Crippen LogP) is 8.65. The van der Waals surface area contributed by atoms with Gasteiger partial charge in [-0.25, -0.2) is 18.1 Å². The summed E-state index contributed by atoms with van der Waals surface area (Å²) in [6, 6.07) is 30.4. The SMILES string of the molecule is COc1ccc(CN2CCN(C3CC4(CCN(c5ccc(C(=O)NS(=O)(=O)c6ccc(NC[C@H]7COCCO7)c([N+](=O)[O-])c6)c(Oc6cnc7[nH]ccc7c6)c5)CC4)C3)[C@H](c3ccccc3C(C)C)C2)cc1. The number of sulfonamides is 1. The molecule has 2 atom stereocenters. The zero-order valence-corrected chi connectivity index (χ0v) is 41.7. The minimum atomic E-state index is -4.59. The van der Waals surface area contributed by atoms with Crippen molar-refractivity contribution in [1.82, 2.24) is 24.5 Å². The molecule has 17 nitrogen and oxygen atoms in total. The molecule has 18 heteroatoms. The van der Waals surface area contributed by atoms with E-state index in [0.29, 0.717) is 49.2 Å². The lowest BCUT2D eigenvalue weighted by Gasteiger charge is -2.58. The molecule has 3 aliphatic heterocycles. The van der Waals surface area contributed by atoms with Gasteiger partial charge in [-0.05, 0) is 102 Å². The van der Waals surface area contributed by atoms with Crippen molar-refractivity contribution in [3.8, 4) is 17.2 Å². The van der Waals surface area contributed by atoms with Crippen molar-refractivity contribution in [1.29, 1.82) is 0 Å². The topological polar surface area (TPSA) is 194 Å². The standard InChI is InChI=1S/C54H62N8O9S/c1-36(2)45-6-4-5-7-46(45)50-34-59(33-37-8-11-41(68-3)12-9-37)22-23-61(50)40-29-54(30-40)17-20-60(21-18-54)39-10-14-47(51(27-39)71-42-26-38-16-19-55-52(38)57-31-42)53(63)58-72(66,67)44-13-15-48(49(28-44)62(64)65)56-32-43-35-69-24-25-70-43/h4-16,19,26-28,31,36,40,43,50,56H,17-18,20-25,29-30,32-35H2,1-3H3,(H,55,57)(H,58,63)/t43-,50-/m0/s1. The van der Waals surface area contributed by atoms with Crippen LogP contribution in [0.15, 0.2) is 114 Å². The lowest BCUT2D eigenvalue weighted by atomic mass is 9.59. The third-order valence-electron chi connectivity index (χ3n) is 15.0. The Kier molecular flexibility index (Phi) is 14.2. The Hall–Kier alpha value is -6.57. The Morgan fingerprint density at radius 2 is 1.76 bits per heavy atom. The first-order valence-electron chi connectivity index (χ1n) is 24.8. The number of pyridine rings is 1. The molecular weight excluding hydrogens is 937 g/mol. The molecule has 0 unspecified atom stereocenters. The Labute approximate surface area is 420 Å². The molecule has 1 saturated carbocycles. The lowest BCUT2D eigenvalue weighted by molar-refractivity contribution is -0.384. The second-order valence-corrected chi connectivity index (χ2v) is 21.5. The minimum Gasteiger partial charge on any atom is -0.497 e. The van der Waals surface area contributed by atoms with E-state index in [9.17, 15) is 23.3 Å². The number of aromatic amines is 1. The summed E-state index contributed by atoms with van der Waals surface area (Å²) in [6.45, 7) is 11.5. The number of H-pyrrole nitrogens is 1. The summed E-state index contributed by atoms with van der Waals surface area (Å²) in [7, 11) is -2.89. The van der Waals surface area contributed by atoms with Gasteiger partial charge in [0.25, 0.3) is 21.6 Å². The molecule has 3 N–H and O–H groups in total. The number of carbonyl (C=O) groups is 1. The number of amides is 1. The minimum absolute atomic E-state index is 0.0352. The van der Waals surface area contributed by atoms with Crippen LogP contribution in [0.2, 0.25) is 0 Å². The average Bonchev–Trinajstić information content (AvgIpc) is 3.86. The number of piperidine rings is 1. The molecule has 378 valence electrons. The van der Waals surface area contributed by atoms with Gasteiger partial charge in [0.15, 0.2) is 0 Å². The van der Waals surface area contributed by atoms with Crippen LogP contribution >= 0.6 is 0 Å². The molecule has 6 aromatic rings. The Morgan fingerprint density at radius 3 is 2.51 bits per heavy atom. The first-order chi connectivity index (χ1) is 34.8. The fraction of sp³-hybridized carbons (Fsp3) is 0.407. The quantitative estimate of drug-likeness (QED) is 0.0616. The first kappa shape index (κ1) is 49.0. The third-order valence-corrected chi connectivity index (χ3v) is 16.3. The van der Waals surface area contributed by atoms with Gasteiger partial charge in [0.05, 0.1) is 54.6 Å². The number of rotatable bonds is 16. The van der Waals surface area contributed by atoms with Gasteiger partial charge in [0.1, 0.15) is 28.6 Å². The summed E-state index contributed by atoms with van der Waals surface area (Å²) in [6.07, 6.45) is 7.30. The second kappa shape index (κ2) is 20.9. The zero-order chi connectivity index (χ0) is 50.0. The highest BCUT2D eigenvalue weighted by Crippen LogP contribution is 2.53. The highest BCUT2D eigenvalue weighted by Gasteiger charge is 2.50. The van der Waals surface area contributed by atoms with Crippen LogP contribution < -0.4 is 24.4 Å². The van der Waals surface area contributed by atoms with Crippen molar-refractivity contribution in [2.45, 2.75) is 75.1 Å². The van der Waals surface area contributed by atoms with E-state index in [1.165, 1.54) is 35.0 Å². The molecule has 0 radical (unpaired) electrons. The number of nitro benzene ring substituents is 1. The van der Waals surface area contributed by atoms with E-state index < -0.39 is 31.4 Å². The van der Waals surface area contributed by atoms with E-state index in [4.69, 9.17) is 18.9 Å². The van der Waals surface area contributed by atoms with Crippen LogP contribution in [0.4, 0.5) is 17.1 Å². The van der Waals surface area contributed by atoms with Gasteiger partial charge >= 0.3 is 0 Å². The van der Waals surface area contributed by atoms with Gasteiger partial charge in [0.2, 0.25) is 0 Å². The zero-order valence-electron chi connectivity index (χ0n) is 40.9. The van der Waals surface area contributed by atoms with Gasteiger partial charge < -0.3 is 34.1 Å².